The largest absolute Gasteiger partial charge is 0.326 e. The predicted molar refractivity (Wildman–Crippen MR) is 94.9 cm³/mol. The molecule has 1 aromatic heterocycles. The van der Waals surface area contributed by atoms with Crippen molar-refractivity contribution < 1.29 is 4.79 Å². The lowest BCUT2D eigenvalue weighted by Gasteiger charge is -2.04. The molecule has 1 heterocycles. The molecule has 4 heteroatoms. The van der Waals surface area contributed by atoms with E-state index in [1.54, 1.807) is 11.3 Å². The molecule has 3 aromatic rings. The molecule has 0 spiro atoms. The second-order valence-electron chi connectivity index (χ2n) is 5.49. The number of nitrogens with one attached hydrogen (secondary N) is 1. The van der Waals surface area contributed by atoms with Gasteiger partial charge in [0.2, 0.25) is 5.91 Å². The Hall–Kier alpha value is -2.46. The summed E-state index contributed by atoms with van der Waals surface area (Å²) >= 11 is 1.60. The van der Waals surface area contributed by atoms with Crippen LogP contribution in [0.3, 0.4) is 0 Å². The molecule has 1 amide bonds. The van der Waals surface area contributed by atoms with E-state index in [1.807, 2.05) is 54.8 Å². The lowest BCUT2D eigenvalue weighted by atomic mass is 10.2. The summed E-state index contributed by atoms with van der Waals surface area (Å²) in [7, 11) is 0. The Bertz CT molecular complexity index is 796. The van der Waals surface area contributed by atoms with Gasteiger partial charge in [0.1, 0.15) is 0 Å². The molecule has 0 aliphatic heterocycles. The van der Waals surface area contributed by atoms with Crippen LogP contribution in [0.4, 0.5) is 5.69 Å². The van der Waals surface area contributed by atoms with Gasteiger partial charge >= 0.3 is 0 Å². The fourth-order valence-electron chi connectivity index (χ4n) is 2.37. The number of aryl methyl sites for hydroxylation is 1. The van der Waals surface area contributed by atoms with Gasteiger partial charge in [0.15, 0.2) is 0 Å². The van der Waals surface area contributed by atoms with Gasteiger partial charge in [-0.15, -0.1) is 11.3 Å². The van der Waals surface area contributed by atoms with Gasteiger partial charge in [-0.05, 0) is 30.2 Å². The quantitative estimate of drug-likeness (QED) is 0.764. The van der Waals surface area contributed by atoms with E-state index >= 15 is 0 Å². The monoisotopic (exact) mass is 322 g/mol. The maximum atomic E-state index is 12.1. The highest BCUT2D eigenvalue weighted by Gasteiger charge is 2.08. The van der Waals surface area contributed by atoms with Crippen molar-refractivity contribution in [3.05, 3.63) is 81.8 Å². The second-order valence-corrected chi connectivity index (χ2v) is 6.43. The number of nitrogens with zero attached hydrogens (tertiary/aromatic N) is 1. The molecule has 0 aliphatic carbocycles. The number of thiazole rings is 1. The lowest BCUT2D eigenvalue weighted by molar-refractivity contribution is -0.115. The molecule has 0 radical (unpaired) electrons. The van der Waals surface area contributed by atoms with Crippen molar-refractivity contribution in [1.82, 2.24) is 4.98 Å². The van der Waals surface area contributed by atoms with Crippen LogP contribution in [-0.4, -0.2) is 10.9 Å². The molecular formula is C19H18N2OS. The summed E-state index contributed by atoms with van der Waals surface area (Å²) in [5.74, 6) is -0.0350. The Morgan fingerprint density at radius 1 is 1.13 bits per heavy atom. The Labute approximate surface area is 140 Å². The molecule has 23 heavy (non-hydrogen) atoms. The van der Waals surface area contributed by atoms with E-state index in [1.165, 1.54) is 5.56 Å². The first-order valence-corrected chi connectivity index (χ1v) is 8.41. The third kappa shape index (κ3) is 4.50. The van der Waals surface area contributed by atoms with Crippen molar-refractivity contribution in [2.24, 2.45) is 0 Å². The molecule has 0 fully saturated rings. The van der Waals surface area contributed by atoms with E-state index in [-0.39, 0.29) is 5.91 Å². The van der Waals surface area contributed by atoms with Crippen molar-refractivity contribution in [3.63, 3.8) is 0 Å². The Balaban J connectivity index is 1.59. The highest BCUT2D eigenvalue weighted by molar-refractivity contribution is 7.09. The van der Waals surface area contributed by atoms with E-state index < -0.39 is 0 Å². The zero-order valence-electron chi connectivity index (χ0n) is 13.0. The standard InChI is InChI=1S/C19H18N2OS/c1-14-6-5-9-16(10-14)20-18(22)12-17-13-23-19(21-17)11-15-7-3-2-4-8-15/h2-10,13H,11-12H2,1H3,(H,20,22). The van der Waals surface area contributed by atoms with Crippen LogP contribution in [0.1, 0.15) is 21.8 Å². The molecule has 0 bridgehead atoms. The normalized spacial score (nSPS) is 10.5. The second kappa shape index (κ2) is 7.20. The fraction of sp³-hybridized carbons (Fsp3) is 0.158. The number of rotatable bonds is 5. The van der Waals surface area contributed by atoms with E-state index in [4.69, 9.17) is 0 Å². The number of amides is 1. The number of carbonyl (C=O) groups excluding carboxylic acids is 1. The minimum Gasteiger partial charge on any atom is -0.326 e. The van der Waals surface area contributed by atoms with Crippen molar-refractivity contribution in [3.8, 4) is 0 Å². The Morgan fingerprint density at radius 3 is 2.74 bits per heavy atom. The third-order valence-electron chi connectivity index (χ3n) is 3.44. The van der Waals surface area contributed by atoms with Gasteiger partial charge in [0.25, 0.3) is 0 Å². The number of benzene rings is 2. The van der Waals surface area contributed by atoms with Crippen LogP contribution in [-0.2, 0) is 17.6 Å². The average molecular weight is 322 g/mol. The molecular weight excluding hydrogens is 304 g/mol. The minimum atomic E-state index is -0.0350. The first-order chi connectivity index (χ1) is 11.2. The molecule has 3 nitrogen and oxygen atoms in total. The zero-order valence-corrected chi connectivity index (χ0v) is 13.8. The van der Waals surface area contributed by atoms with Crippen LogP contribution in [0.25, 0.3) is 0 Å². The van der Waals surface area contributed by atoms with Crippen molar-refractivity contribution >= 4 is 22.9 Å². The summed E-state index contributed by atoms with van der Waals surface area (Å²) < 4.78 is 0. The topological polar surface area (TPSA) is 42.0 Å². The van der Waals surface area contributed by atoms with Gasteiger partial charge in [-0.2, -0.15) is 0 Å². The minimum absolute atomic E-state index is 0.0350. The number of aromatic nitrogens is 1. The zero-order chi connectivity index (χ0) is 16.1. The molecule has 0 atom stereocenters. The highest BCUT2D eigenvalue weighted by Crippen LogP contribution is 2.16. The van der Waals surface area contributed by atoms with E-state index in [0.717, 1.165) is 28.4 Å². The fourth-order valence-corrected chi connectivity index (χ4v) is 3.20. The lowest BCUT2D eigenvalue weighted by Crippen LogP contribution is -2.14. The van der Waals surface area contributed by atoms with Crippen LogP contribution in [0.5, 0.6) is 0 Å². The molecule has 0 aliphatic rings. The summed E-state index contributed by atoms with van der Waals surface area (Å²) in [6.07, 6.45) is 1.12. The van der Waals surface area contributed by atoms with E-state index in [2.05, 4.69) is 22.4 Å². The van der Waals surface area contributed by atoms with Gasteiger partial charge in [0.05, 0.1) is 17.1 Å². The first kappa shape index (κ1) is 15.4. The van der Waals surface area contributed by atoms with E-state index in [0.29, 0.717) is 6.42 Å². The molecule has 0 saturated carbocycles. The molecule has 1 N–H and O–H groups in total. The van der Waals surface area contributed by atoms with Gasteiger partial charge in [0, 0.05) is 17.5 Å². The number of carbonyl (C=O) groups is 1. The van der Waals surface area contributed by atoms with Gasteiger partial charge < -0.3 is 5.32 Å². The predicted octanol–water partition coefficient (Wildman–Crippen LogP) is 4.22. The van der Waals surface area contributed by atoms with Crippen LogP contribution in [0.2, 0.25) is 0 Å². The number of anilines is 1. The smallest absolute Gasteiger partial charge is 0.230 e. The van der Waals surface area contributed by atoms with Crippen molar-refractivity contribution in [1.29, 1.82) is 0 Å². The van der Waals surface area contributed by atoms with Gasteiger partial charge in [-0.3, -0.25) is 4.79 Å². The summed E-state index contributed by atoms with van der Waals surface area (Å²) in [6, 6.07) is 18.0. The first-order valence-electron chi connectivity index (χ1n) is 7.53. The summed E-state index contributed by atoms with van der Waals surface area (Å²) in [5.41, 5.74) is 4.01. The third-order valence-corrected chi connectivity index (χ3v) is 4.34. The molecule has 2 aromatic carbocycles. The molecule has 116 valence electrons. The summed E-state index contributed by atoms with van der Waals surface area (Å²) in [6.45, 7) is 2.01. The Kier molecular flexibility index (Phi) is 4.83. The molecule has 3 rings (SSSR count). The summed E-state index contributed by atoms with van der Waals surface area (Å²) in [4.78, 5) is 16.7. The van der Waals surface area contributed by atoms with Crippen LogP contribution < -0.4 is 5.32 Å². The van der Waals surface area contributed by atoms with Gasteiger partial charge in [-0.25, -0.2) is 4.98 Å². The molecule has 0 saturated heterocycles. The average Bonchev–Trinajstić information content (AvgIpc) is 2.95. The maximum Gasteiger partial charge on any atom is 0.230 e. The Morgan fingerprint density at radius 2 is 1.96 bits per heavy atom. The maximum absolute atomic E-state index is 12.1. The van der Waals surface area contributed by atoms with Crippen LogP contribution in [0.15, 0.2) is 60.0 Å². The van der Waals surface area contributed by atoms with Crippen LogP contribution in [0, 0.1) is 6.92 Å². The SMILES string of the molecule is Cc1cccc(NC(=O)Cc2csc(Cc3ccccc3)n2)c1. The number of hydrogen-bond donors (Lipinski definition) is 1. The van der Waals surface area contributed by atoms with Crippen molar-refractivity contribution in [2.75, 3.05) is 5.32 Å². The van der Waals surface area contributed by atoms with E-state index in [9.17, 15) is 4.79 Å². The van der Waals surface area contributed by atoms with Crippen LogP contribution >= 0.6 is 11.3 Å². The number of hydrogen-bond acceptors (Lipinski definition) is 3. The van der Waals surface area contributed by atoms with Crippen molar-refractivity contribution in [2.45, 2.75) is 19.8 Å². The van der Waals surface area contributed by atoms with Gasteiger partial charge in [-0.1, -0.05) is 42.5 Å². The highest BCUT2D eigenvalue weighted by atomic mass is 32.1. The summed E-state index contributed by atoms with van der Waals surface area (Å²) in [5, 5.41) is 5.92. The molecule has 0 unspecified atom stereocenters.